The Morgan fingerprint density at radius 2 is 1.63 bits per heavy atom. The van der Waals surface area contributed by atoms with Crippen molar-refractivity contribution in [3.63, 3.8) is 0 Å². The molecule has 2 aromatic carbocycles. The number of nitrogens with zero attached hydrogens (tertiary/aromatic N) is 1. The Kier molecular flexibility index (Phi) is 6.32. The van der Waals surface area contributed by atoms with Crippen LogP contribution in [0, 0.1) is 0 Å². The van der Waals surface area contributed by atoms with Crippen molar-refractivity contribution in [2.45, 2.75) is 30.1 Å². The van der Waals surface area contributed by atoms with Gasteiger partial charge < -0.3 is 0 Å². The lowest BCUT2D eigenvalue weighted by Crippen LogP contribution is -2.37. The number of hydrogen-bond donors (Lipinski definition) is 1. The number of ketones is 1. The second-order valence-corrected chi connectivity index (χ2v) is 9.00. The van der Waals surface area contributed by atoms with E-state index >= 15 is 0 Å². The van der Waals surface area contributed by atoms with Gasteiger partial charge in [0, 0.05) is 11.4 Å². The van der Waals surface area contributed by atoms with Crippen molar-refractivity contribution in [2.24, 2.45) is 5.14 Å². The molecule has 1 heterocycles. The van der Waals surface area contributed by atoms with Crippen molar-refractivity contribution in [1.82, 2.24) is 4.90 Å². The van der Waals surface area contributed by atoms with Gasteiger partial charge in [0.25, 0.3) is 0 Å². The number of nitrogens with two attached hydrogens (primary N) is 1. The molecule has 7 heteroatoms. The number of carbonyl (C=O) groups is 1. The van der Waals surface area contributed by atoms with Gasteiger partial charge in [-0.2, -0.15) is 0 Å². The topological polar surface area (TPSA) is 80.5 Å². The largest absolute Gasteiger partial charge is 0.298 e. The Bertz CT molecular complexity index is 888. The summed E-state index contributed by atoms with van der Waals surface area (Å²) in [6.45, 7) is 2.21. The third-order valence-electron chi connectivity index (χ3n) is 4.98. The summed E-state index contributed by atoms with van der Waals surface area (Å²) in [5, 5.41) is 5.83. The molecule has 1 aliphatic heterocycles. The summed E-state index contributed by atoms with van der Waals surface area (Å²) in [4.78, 5) is 14.6. The molecule has 0 radical (unpaired) electrons. The predicted molar refractivity (Wildman–Crippen MR) is 106 cm³/mol. The number of sulfonamides is 1. The summed E-state index contributed by atoms with van der Waals surface area (Å²) in [5.41, 5.74) is 2.10. The number of primary sulfonamides is 1. The van der Waals surface area contributed by atoms with Crippen molar-refractivity contribution in [2.75, 3.05) is 19.6 Å². The van der Waals surface area contributed by atoms with Crippen LogP contribution in [0.1, 0.15) is 29.9 Å². The van der Waals surface area contributed by atoms with E-state index in [1.165, 1.54) is 17.7 Å². The van der Waals surface area contributed by atoms with E-state index in [1.54, 1.807) is 12.1 Å². The van der Waals surface area contributed by atoms with E-state index in [0.717, 1.165) is 36.5 Å². The number of halogens is 1. The second kappa shape index (κ2) is 8.52. The molecule has 0 aromatic heterocycles. The highest BCUT2D eigenvalue weighted by Crippen LogP contribution is 2.28. The van der Waals surface area contributed by atoms with E-state index in [9.17, 15) is 13.2 Å². The zero-order valence-corrected chi connectivity index (χ0v) is 16.5. The maximum absolute atomic E-state index is 12.4. The smallest absolute Gasteiger partial charge is 0.238 e. The minimum absolute atomic E-state index is 0.0583. The quantitative estimate of drug-likeness (QED) is 0.799. The van der Waals surface area contributed by atoms with Crippen molar-refractivity contribution in [1.29, 1.82) is 0 Å². The van der Waals surface area contributed by atoms with Gasteiger partial charge >= 0.3 is 0 Å². The molecule has 5 nitrogen and oxygen atoms in total. The lowest BCUT2D eigenvalue weighted by molar-refractivity contribution is -0.119. The van der Waals surface area contributed by atoms with Gasteiger partial charge in [0.15, 0.2) is 5.78 Å². The summed E-state index contributed by atoms with van der Waals surface area (Å²) in [5.74, 6) is 0.641. The van der Waals surface area contributed by atoms with Crippen LogP contribution in [0.4, 0.5) is 0 Å². The SMILES string of the molecule is NS(=O)(=O)c1ccc(CC(=O)CN2CCC(c3ccc(Cl)cc3)CC2)cc1. The molecule has 3 rings (SSSR count). The normalized spacial score (nSPS) is 16.4. The van der Waals surface area contributed by atoms with Crippen LogP contribution in [0.15, 0.2) is 53.4 Å². The van der Waals surface area contributed by atoms with Crippen molar-refractivity contribution >= 4 is 27.4 Å². The fourth-order valence-electron chi connectivity index (χ4n) is 3.49. The van der Waals surface area contributed by atoms with Crippen LogP contribution in [0.5, 0.6) is 0 Å². The van der Waals surface area contributed by atoms with Crippen LogP contribution in [0.3, 0.4) is 0 Å². The van der Waals surface area contributed by atoms with Crippen LogP contribution >= 0.6 is 11.6 Å². The number of rotatable bonds is 6. The second-order valence-electron chi connectivity index (χ2n) is 7.01. The van der Waals surface area contributed by atoms with Crippen LogP contribution in [-0.2, 0) is 21.2 Å². The van der Waals surface area contributed by atoms with Crippen LogP contribution < -0.4 is 5.14 Å². The molecule has 27 heavy (non-hydrogen) atoms. The van der Waals surface area contributed by atoms with Gasteiger partial charge in [-0.25, -0.2) is 13.6 Å². The summed E-state index contributed by atoms with van der Waals surface area (Å²) in [6, 6.07) is 14.2. The lowest BCUT2D eigenvalue weighted by atomic mass is 9.89. The summed E-state index contributed by atoms with van der Waals surface area (Å²) < 4.78 is 22.5. The standard InChI is InChI=1S/C20H23ClN2O3S/c21-18-5-3-16(4-6-18)17-9-11-23(12-10-17)14-19(24)13-15-1-7-20(8-2-15)27(22,25)26/h1-8,17H,9-14H2,(H2,22,25,26). The van der Waals surface area contributed by atoms with Gasteiger partial charge in [-0.3, -0.25) is 9.69 Å². The summed E-state index contributed by atoms with van der Waals surface area (Å²) >= 11 is 5.95. The molecular formula is C20H23ClN2O3S. The first-order valence-corrected chi connectivity index (χ1v) is 10.8. The maximum Gasteiger partial charge on any atom is 0.238 e. The molecule has 1 fully saturated rings. The van der Waals surface area contributed by atoms with Crippen LogP contribution in [0.2, 0.25) is 5.02 Å². The molecule has 0 saturated carbocycles. The number of hydrogen-bond acceptors (Lipinski definition) is 4. The molecule has 1 aliphatic rings. The van der Waals surface area contributed by atoms with E-state index in [2.05, 4.69) is 17.0 Å². The maximum atomic E-state index is 12.4. The number of benzene rings is 2. The fourth-order valence-corrected chi connectivity index (χ4v) is 4.13. The predicted octanol–water partition coefficient (Wildman–Crippen LogP) is 2.98. The molecular weight excluding hydrogens is 384 g/mol. The van der Waals surface area contributed by atoms with Crippen LogP contribution in [-0.4, -0.2) is 38.7 Å². The third kappa shape index (κ3) is 5.62. The van der Waals surface area contributed by atoms with Gasteiger partial charge in [0.2, 0.25) is 10.0 Å². The number of carbonyl (C=O) groups excluding carboxylic acids is 1. The molecule has 0 spiro atoms. The number of Topliss-reactive ketones (excluding diaryl/α,β-unsaturated/α-hetero) is 1. The zero-order valence-electron chi connectivity index (χ0n) is 15.0. The highest BCUT2D eigenvalue weighted by atomic mass is 35.5. The monoisotopic (exact) mass is 406 g/mol. The van der Waals surface area contributed by atoms with E-state index < -0.39 is 10.0 Å². The molecule has 2 N–H and O–H groups in total. The molecule has 0 aliphatic carbocycles. The Hall–Kier alpha value is -1.73. The Morgan fingerprint density at radius 3 is 2.19 bits per heavy atom. The summed E-state index contributed by atoms with van der Waals surface area (Å²) in [7, 11) is -3.70. The molecule has 0 unspecified atom stereocenters. The first kappa shape index (κ1) is 20.0. The van der Waals surface area contributed by atoms with Gasteiger partial charge in [-0.15, -0.1) is 0 Å². The first-order valence-electron chi connectivity index (χ1n) is 8.92. The van der Waals surface area contributed by atoms with E-state index in [0.29, 0.717) is 18.9 Å². The van der Waals surface area contributed by atoms with Crippen molar-refractivity contribution in [3.05, 3.63) is 64.7 Å². The Morgan fingerprint density at radius 1 is 1.04 bits per heavy atom. The number of likely N-dealkylation sites (tertiary alicyclic amines) is 1. The minimum Gasteiger partial charge on any atom is -0.298 e. The Labute approximate surface area is 165 Å². The molecule has 1 saturated heterocycles. The minimum atomic E-state index is -3.70. The van der Waals surface area contributed by atoms with Crippen LogP contribution in [0.25, 0.3) is 0 Å². The first-order chi connectivity index (χ1) is 12.8. The third-order valence-corrected chi connectivity index (χ3v) is 6.16. The molecule has 0 amide bonds. The van der Waals surface area contributed by atoms with Gasteiger partial charge in [-0.1, -0.05) is 35.9 Å². The van der Waals surface area contributed by atoms with E-state index in [-0.39, 0.29) is 10.7 Å². The average Bonchev–Trinajstić information content (AvgIpc) is 2.63. The zero-order chi connectivity index (χ0) is 19.4. The van der Waals surface area contributed by atoms with Gasteiger partial charge in [0.05, 0.1) is 11.4 Å². The van der Waals surface area contributed by atoms with Gasteiger partial charge in [-0.05, 0) is 67.2 Å². The van der Waals surface area contributed by atoms with E-state index in [1.807, 2.05) is 12.1 Å². The fraction of sp³-hybridized carbons (Fsp3) is 0.350. The highest BCUT2D eigenvalue weighted by molar-refractivity contribution is 7.89. The Balaban J connectivity index is 1.48. The average molecular weight is 407 g/mol. The van der Waals surface area contributed by atoms with E-state index in [4.69, 9.17) is 16.7 Å². The lowest BCUT2D eigenvalue weighted by Gasteiger charge is -2.31. The van der Waals surface area contributed by atoms with Gasteiger partial charge in [0.1, 0.15) is 0 Å². The molecule has 2 aromatic rings. The molecule has 144 valence electrons. The highest BCUT2D eigenvalue weighted by Gasteiger charge is 2.22. The van der Waals surface area contributed by atoms with Crippen molar-refractivity contribution in [3.8, 4) is 0 Å². The summed E-state index contributed by atoms with van der Waals surface area (Å²) in [6.07, 6.45) is 2.35. The molecule has 0 bridgehead atoms. The molecule has 0 atom stereocenters. The van der Waals surface area contributed by atoms with Crippen molar-refractivity contribution < 1.29 is 13.2 Å². The number of piperidine rings is 1.